The first-order chi connectivity index (χ1) is 10.7. The highest BCUT2D eigenvalue weighted by molar-refractivity contribution is 5.07. The summed E-state index contributed by atoms with van der Waals surface area (Å²) in [6, 6.07) is 4.28. The van der Waals surface area contributed by atoms with Crippen molar-refractivity contribution in [2.24, 2.45) is 5.92 Å². The predicted molar refractivity (Wildman–Crippen MR) is 87.7 cm³/mol. The Morgan fingerprint density at radius 3 is 2.95 bits per heavy atom. The Morgan fingerprint density at radius 2 is 2.18 bits per heavy atom. The molecule has 0 aliphatic carbocycles. The van der Waals surface area contributed by atoms with Crippen molar-refractivity contribution < 1.29 is 4.42 Å². The van der Waals surface area contributed by atoms with E-state index in [1.165, 1.54) is 19.4 Å². The fourth-order valence-electron chi connectivity index (χ4n) is 3.43. The SMILES string of the molecule is CCCc1ccc(CN2CCCC(Cn3ccnc3C)C2)o1. The molecule has 22 heavy (non-hydrogen) atoms. The number of imidazole rings is 1. The summed E-state index contributed by atoms with van der Waals surface area (Å²) in [6.07, 6.45) is 8.77. The molecular formula is C18H27N3O. The van der Waals surface area contributed by atoms with Gasteiger partial charge in [-0.2, -0.15) is 0 Å². The molecule has 0 spiro atoms. The van der Waals surface area contributed by atoms with Crippen molar-refractivity contribution in [1.29, 1.82) is 0 Å². The molecule has 1 unspecified atom stereocenters. The molecule has 0 bridgehead atoms. The number of aromatic nitrogens is 2. The van der Waals surface area contributed by atoms with E-state index in [1.807, 2.05) is 6.20 Å². The highest BCUT2D eigenvalue weighted by Crippen LogP contribution is 2.21. The Bertz CT molecular complexity index is 587. The van der Waals surface area contributed by atoms with Gasteiger partial charge in [0.15, 0.2) is 0 Å². The number of piperidine rings is 1. The average Bonchev–Trinajstić information content (AvgIpc) is 3.10. The summed E-state index contributed by atoms with van der Waals surface area (Å²) in [7, 11) is 0. The maximum atomic E-state index is 5.93. The van der Waals surface area contributed by atoms with E-state index in [0.717, 1.165) is 49.8 Å². The molecule has 4 heteroatoms. The van der Waals surface area contributed by atoms with Crippen LogP contribution in [0, 0.1) is 12.8 Å². The Balaban J connectivity index is 1.54. The Morgan fingerprint density at radius 1 is 1.32 bits per heavy atom. The summed E-state index contributed by atoms with van der Waals surface area (Å²) >= 11 is 0. The number of rotatable bonds is 6. The highest BCUT2D eigenvalue weighted by atomic mass is 16.3. The largest absolute Gasteiger partial charge is 0.465 e. The molecule has 2 aromatic heterocycles. The molecule has 1 fully saturated rings. The van der Waals surface area contributed by atoms with Crippen molar-refractivity contribution in [2.45, 2.75) is 52.6 Å². The van der Waals surface area contributed by atoms with Gasteiger partial charge in [-0.05, 0) is 50.8 Å². The van der Waals surface area contributed by atoms with Gasteiger partial charge in [-0.3, -0.25) is 4.90 Å². The second-order valence-corrected chi connectivity index (χ2v) is 6.49. The lowest BCUT2D eigenvalue weighted by atomic mass is 9.98. The Hall–Kier alpha value is -1.55. The molecule has 120 valence electrons. The number of likely N-dealkylation sites (tertiary alicyclic amines) is 1. The van der Waals surface area contributed by atoms with Gasteiger partial charge in [0.2, 0.25) is 0 Å². The summed E-state index contributed by atoms with van der Waals surface area (Å²) in [5, 5.41) is 0. The minimum Gasteiger partial charge on any atom is -0.465 e. The van der Waals surface area contributed by atoms with Crippen LogP contribution in [0.4, 0.5) is 0 Å². The van der Waals surface area contributed by atoms with E-state index in [4.69, 9.17) is 4.42 Å². The van der Waals surface area contributed by atoms with Gasteiger partial charge < -0.3 is 8.98 Å². The van der Waals surface area contributed by atoms with Gasteiger partial charge >= 0.3 is 0 Å². The Labute approximate surface area is 133 Å². The van der Waals surface area contributed by atoms with Crippen molar-refractivity contribution >= 4 is 0 Å². The van der Waals surface area contributed by atoms with E-state index in [0.29, 0.717) is 5.92 Å². The molecule has 0 saturated carbocycles. The van der Waals surface area contributed by atoms with Gasteiger partial charge in [-0.25, -0.2) is 4.98 Å². The van der Waals surface area contributed by atoms with E-state index in [2.05, 4.69) is 46.6 Å². The van der Waals surface area contributed by atoms with E-state index < -0.39 is 0 Å². The summed E-state index contributed by atoms with van der Waals surface area (Å²) in [4.78, 5) is 6.86. The Kier molecular flexibility index (Phi) is 4.98. The molecule has 1 saturated heterocycles. The predicted octanol–water partition coefficient (Wildman–Crippen LogP) is 3.65. The monoisotopic (exact) mass is 301 g/mol. The lowest BCUT2D eigenvalue weighted by Crippen LogP contribution is -2.36. The van der Waals surface area contributed by atoms with Gasteiger partial charge in [0.1, 0.15) is 17.3 Å². The highest BCUT2D eigenvalue weighted by Gasteiger charge is 2.21. The van der Waals surface area contributed by atoms with Crippen LogP contribution >= 0.6 is 0 Å². The van der Waals surface area contributed by atoms with Crippen molar-refractivity contribution in [1.82, 2.24) is 14.5 Å². The molecule has 2 aromatic rings. The number of nitrogens with zero attached hydrogens (tertiary/aromatic N) is 3. The van der Waals surface area contributed by atoms with Gasteiger partial charge in [0.25, 0.3) is 0 Å². The number of furan rings is 1. The molecule has 4 nitrogen and oxygen atoms in total. The quantitative estimate of drug-likeness (QED) is 0.817. The van der Waals surface area contributed by atoms with E-state index in [1.54, 1.807) is 0 Å². The topological polar surface area (TPSA) is 34.2 Å². The lowest BCUT2D eigenvalue weighted by molar-refractivity contribution is 0.145. The van der Waals surface area contributed by atoms with Crippen LogP contribution in [0.5, 0.6) is 0 Å². The standard InChI is InChI=1S/C18H27N3O/c1-3-5-17-7-8-18(22-17)14-20-10-4-6-16(12-20)13-21-11-9-19-15(21)2/h7-9,11,16H,3-6,10,12-14H2,1-2H3. The molecular weight excluding hydrogens is 274 g/mol. The third-order valence-corrected chi connectivity index (χ3v) is 4.57. The average molecular weight is 301 g/mol. The second kappa shape index (κ2) is 7.14. The van der Waals surface area contributed by atoms with Gasteiger partial charge in [-0.1, -0.05) is 6.92 Å². The molecule has 0 amide bonds. The second-order valence-electron chi connectivity index (χ2n) is 6.49. The normalized spacial score (nSPS) is 19.6. The fraction of sp³-hybridized carbons (Fsp3) is 0.611. The van der Waals surface area contributed by atoms with Crippen LogP contribution in [-0.2, 0) is 19.5 Å². The van der Waals surface area contributed by atoms with Crippen LogP contribution in [0.25, 0.3) is 0 Å². The van der Waals surface area contributed by atoms with Crippen molar-refractivity contribution in [2.75, 3.05) is 13.1 Å². The van der Waals surface area contributed by atoms with Crippen LogP contribution in [0.2, 0.25) is 0 Å². The van der Waals surface area contributed by atoms with Crippen molar-refractivity contribution in [3.8, 4) is 0 Å². The van der Waals surface area contributed by atoms with Gasteiger partial charge in [0.05, 0.1) is 6.54 Å². The molecule has 1 aliphatic heterocycles. The smallest absolute Gasteiger partial charge is 0.118 e. The molecule has 1 atom stereocenters. The van der Waals surface area contributed by atoms with Crippen molar-refractivity contribution in [3.05, 3.63) is 41.9 Å². The molecule has 3 rings (SSSR count). The summed E-state index contributed by atoms with van der Waals surface area (Å²) in [5.41, 5.74) is 0. The minimum atomic E-state index is 0.715. The number of hydrogen-bond donors (Lipinski definition) is 0. The van der Waals surface area contributed by atoms with Crippen LogP contribution in [-0.4, -0.2) is 27.5 Å². The zero-order valence-electron chi connectivity index (χ0n) is 13.8. The molecule has 0 N–H and O–H groups in total. The minimum absolute atomic E-state index is 0.715. The zero-order valence-corrected chi connectivity index (χ0v) is 13.8. The van der Waals surface area contributed by atoms with Crippen LogP contribution < -0.4 is 0 Å². The van der Waals surface area contributed by atoms with E-state index in [9.17, 15) is 0 Å². The first-order valence-electron chi connectivity index (χ1n) is 8.52. The van der Waals surface area contributed by atoms with Crippen molar-refractivity contribution in [3.63, 3.8) is 0 Å². The maximum absolute atomic E-state index is 5.93. The van der Waals surface area contributed by atoms with Crippen LogP contribution in [0.3, 0.4) is 0 Å². The van der Waals surface area contributed by atoms with Gasteiger partial charge in [-0.15, -0.1) is 0 Å². The summed E-state index contributed by atoms with van der Waals surface area (Å²) in [5.74, 6) is 4.07. The molecule has 0 aromatic carbocycles. The summed E-state index contributed by atoms with van der Waals surface area (Å²) in [6.45, 7) is 8.64. The van der Waals surface area contributed by atoms with Gasteiger partial charge in [0, 0.05) is 31.9 Å². The van der Waals surface area contributed by atoms with E-state index in [-0.39, 0.29) is 0 Å². The fourth-order valence-corrected chi connectivity index (χ4v) is 3.43. The molecule has 1 aliphatic rings. The van der Waals surface area contributed by atoms with E-state index >= 15 is 0 Å². The third kappa shape index (κ3) is 3.80. The summed E-state index contributed by atoms with van der Waals surface area (Å²) < 4.78 is 8.21. The number of aryl methyl sites for hydroxylation is 2. The van der Waals surface area contributed by atoms with Crippen LogP contribution in [0.1, 0.15) is 43.5 Å². The first-order valence-corrected chi connectivity index (χ1v) is 8.52. The third-order valence-electron chi connectivity index (χ3n) is 4.57. The zero-order chi connectivity index (χ0) is 15.4. The first kappa shape index (κ1) is 15.3. The maximum Gasteiger partial charge on any atom is 0.118 e. The lowest BCUT2D eigenvalue weighted by Gasteiger charge is -2.32. The van der Waals surface area contributed by atoms with Crippen LogP contribution in [0.15, 0.2) is 28.9 Å². The molecule has 0 radical (unpaired) electrons. The number of hydrogen-bond acceptors (Lipinski definition) is 3. The molecule has 3 heterocycles.